The summed E-state index contributed by atoms with van der Waals surface area (Å²) < 4.78 is 54.9. The molecule has 9 N–H and O–H groups in total. The Balaban J connectivity index is 0. The molecule has 1 saturated heterocycles. The third kappa shape index (κ3) is 30.9. The number of allylic oxidation sites excluding steroid dienone is 4. The molecule has 0 aliphatic carbocycles. The van der Waals surface area contributed by atoms with Gasteiger partial charge in [-0.25, -0.2) is 32.5 Å². The van der Waals surface area contributed by atoms with Crippen LogP contribution in [0.15, 0.2) is 100 Å². The molecular weight excluding hydrogens is 1060 g/mol. The molecule has 4 heterocycles. The van der Waals surface area contributed by atoms with Crippen molar-refractivity contribution < 1.29 is 36.7 Å². The Morgan fingerprint density at radius 3 is 1.78 bits per heavy atom. The smallest absolute Gasteiger partial charge is 0.212 e. The molecule has 6 rings (SSSR count). The molecule has 16 nitrogen and oxygen atoms in total. The summed E-state index contributed by atoms with van der Waals surface area (Å²) in [6, 6.07) is 6.42. The van der Waals surface area contributed by atoms with E-state index in [0.717, 1.165) is 72.5 Å². The van der Waals surface area contributed by atoms with Crippen molar-refractivity contribution in [2.75, 3.05) is 69.4 Å². The highest BCUT2D eigenvalue weighted by atomic mass is 32.1. The number of nitrogens with two attached hydrogens (primary N) is 3. The van der Waals surface area contributed by atoms with E-state index in [2.05, 4.69) is 65.2 Å². The van der Waals surface area contributed by atoms with Gasteiger partial charge in [0.25, 0.3) is 0 Å². The van der Waals surface area contributed by atoms with Gasteiger partial charge in [0.15, 0.2) is 10.3 Å². The van der Waals surface area contributed by atoms with Crippen molar-refractivity contribution in [3.63, 3.8) is 0 Å². The summed E-state index contributed by atoms with van der Waals surface area (Å²) in [5.41, 5.74) is 15.6. The number of anilines is 4. The number of likely N-dealkylation sites (tertiary alicyclic amines) is 1. The molecule has 0 radical (unpaired) electrons. The summed E-state index contributed by atoms with van der Waals surface area (Å²) >= 11 is 1.82. The second-order valence-electron chi connectivity index (χ2n) is 15.7. The number of nitrogen functional groups attached to an aromatic ring is 2. The number of rotatable bonds is 18. The molecule has 2 aliphatic heterocycles. The first-order valence-corrected chi connectivity index (χ1v) is 27.1. The van der Waals surface area contributed by atoms with E-state index in [1.807, 2.05) is 53.1 Å². The number of nitrogens with zero attached hydrogens (tertiary/aromatic N) is 6. The Kier molecular flexibility index (Phi) is 44.5. The lowest BCUT2D eigenvalue weighted by molar-refractivity contribution is -0.109. The topological polar surface area (TPSA) is 249 Å². The van der Waals surface area contributed by atoms with Crippen LogP contribution >= 0.6 is 22.7 Å². The summed E-state index contributed by atoms with van der Waals surface area (Å²) in [7, 11) is 5.23. The molecule has 1 fully saturated rings. The zero-order valence-corrected chi connectivity index (χ0v) is 48.2. The van der Waals surface area contributed by atoms with Gasteiger partial charge in [-0.15, -0.1) is 12.8 Å². The Bertz CT molecular complexity index is 2530. The molecule has 2 aliphatic rings. The minimum atomic E-state index is -0.965. The second kappa shape index (κ2) is 47.7. The number of terminal acetylenes is 1. The van der Waals surface area contributed by atoms with Crippen molar-refractivity contribution >= 4 is 87.4 Å². The number of hydrogen-bond donors (Lipinski definition) is 6. The minimum absolute atomic E-state index is 0.00592. The van der Waals surface area contributed by atoms with E-state index in [4.69, 9.17) is 17.2 Å². The van der Waals surface area contributed by atoms with E-state index in [1.54, 1.807) is 44.9 Å². The van der Waals surface area contributed by atoms with Gasteiger partial charge in [-0.2, -0.15) is 0 Å². The molecule has 79 heavy (non-hydrogen) atoms. The average Bonchev–Trinajstić information content (AvgIpc) is 3.78. The molecule has 0 spiro atoms. The summed E-state index contributed by atoms with van der Waals surface area (Å²) in [6.07, 6.45) is 35.8. The number of aldehydes is 2. The monoisotopic (exact) mass is 1140 g/mol. The van der Waals surface area contributed by atoms with Crippen molar-refractivity contribution in [1.29, 1.82) is 0 Å². The predicted octanol–water partition coefficient (Wildman–Crippen LogP) is 11.5. The molecule has 22 heteroatoms. The van der Waals surface area contributed by atoms with Crippen LogP contribution in [0.5, 0.6) is 0 Å². The molecule has 1 atom stereocenters. The summed E-state index contributed by atoms with van der Waals surface area (Å²) in [5, 5.41) is 9.23. The van der Waals surface area contributed by atoms with Gasteiger partial charge >= 0.3 is 0 Å². The molecule has 4 aromatic rings. The Hall–Kier alpha value is -7.45. The first kappa shape index (κ1) is 73.6. The van der Waals surface area contributed by atoms with E-state index < -0.39 is 46.0 Å². The number of nitrogens with one attached hydrogen (secondary N) is 3. The highest BCUT2D eigenvalue weighted by molar-refractivity contribution is 7.18. The quantitative estimate of drug-likeness (QED) is 0.0136. The van der Waals surface area contributed by atoms with Crippen LogP contribution in [0.2, 0.25) is 0 Å². The Labute approximate surface area is 472 Å². The molecule has 432 valence electrons. The average molecular weight is 1140 g/mol. The van der Waals surface area contributed by atoms with Gasteiger partial charge < -0.3 is 52.6 Å². The second-order valence-corrected chi connectivity index (χ2v) is 17.7. The first-order chi connectivity index (χ1) is 38.2. The van der Waals surface area contributed by atoms with Crippen LogP contribution in [0.1, 0.15) is 122 Å². The van der Waals surface area contributed by atoms with Gasteiger partial charge in [-0.3, -0.25) is 14.6 Å². The largest absolute Gasteiger partial charge is 0.394 e. The van der Waals surface area contributed by atoms with Crippen LogP contribution in [-0.2, 0) is 9.59 Å². The lowest BCUT2D eigenvalue weighted by atomic mass is 10.1. The lowest BCUT2D eigenvalue weighted by Crippen LogP contribution is -2.26. The number of benzene rings is 2. The van der Waals surface area contributed by atoms with Gasteiger partial charge in [0.1, 0.15) is 63.1 Å². The van der Waals surface area contributed by atoms with Crippen LogP contribution in [0.25, 0.3) is 0 Å². The number of aliphatic imine (C=N–C) groups is 3. The zero-order chi connectivity index (χ0) is 59.8. The van der Waals surface area contributed by atoms with Crippen LogP contribution in [0, 0.1) is 42.0 Å². The van der Waals surface area contributed by atoms with Crippen LogP contribution < -0.4 is 33.2 Å². The number of thiazole rings is 2. The Morgan fingerprint density at radius 2 is 1.38 bits per heavy atom. The highest BCUT2D eigenvalue weighted by Gasteiger charge is 2.25. The third-order valence-electron chi connectivity index (χ3n) is 9.91. The highest BCUT2D eigenvalue weighted by Crippen LogP contribution is 2.31. The molecule has 0 saturated carbocycles. The number of ketones is 2. The summed E-state index contributed by atoms with van der Waals surface area (Å²) in [4.78, 5) is 66.8. The van der Waals surface area contributed by atoms with Gasteiger partial charge in [0, 0.05) is 46.2 Å². The maximum absolute atomic E-state index is 13.8. The van der Waals surface area contributed by atoms with Crippen LogP contribution in [0.4, 0.5) is 39.5 Å². The molecule has 2 aromatic heterocycles. The normalized spacial score (nSPS) is 13.5. The zero-order valence-electron chi connectivity index (χ0n) is 46.5. The van der Waals surface area contributed by atoms with Gasteiger partial charge in [-0.1, -0.05) is 93.2 Å². The molecule has 0 bridgehead atoms. The maximum Gasteiger partial charge on any atom is 0.212 e. The fourth-order valence-corrected chi connectivity index (χ4v) is 7.93. The standard InChI is InChI=1S/C17H14F2N4O2S.C14H13F2N3OS.C10H22N2.C4H7NO.C4H9N.C4H7N.C2H6.C2H2/c18-10-4-2-5-11(19)13(10)14(25)15-16(20)23-17(26-15)22-12-6-1-3-9(8-24)7-21-12;1-2-3-7-18-14-19-13(17)12(21-14)11(20)10-8(15)5-4-6-9(10)16;11-7-3-6-10-12-8-4-1-2-5-9-12;1-5-3-2-4-6;2*1-3-4-5-2;2*1-2/h2,4-9H,1,3,20H2,(H,22,23);3-7H,2,17H2,1H3,(H,18,19);1-11H2;3-4H,2H2,1H3;3-5H,1-2H3;3-4H,1H2,2H3;1-2H3;1-2H/b;7-3+;;;4-3+;;;. The molecule has 0 amide bonds. The van der Waals surface area contributed by atoms with Crippen molar-refractivity contribution in [2.24, 2.45) is 26.6 Å². The number of halogens is 4. The molecule has 2 aromatic carbocycles. The fourth-order valence-electron chi connectivity index (χ4n) is 6.28. The third-order valence-corrected chi connectivity index (χ3v) is 11.9. The van der Waals surface area contributed by atoms with Crippen molar-refractivity contribution in [3.05, 3.63) is 130 Å². The lowest BCUT2D eigenvalue weighted by Gasteiger charge is -2.18. The number of carbonyl (C=O) groups is 4. The van der Waals surface area contributed by atoms with E-state index in [-0.39, 0.29) is 32.4 Å². The maximum atomic E-state index is 13.8. The van der Waals surface area contributed by atoms with Crippen LogP contribution in [-0.4, -0.2) is 105 Å². The van der Waals surface area contributed by atoms with Crippen LogP contribution in [0.3, 0.4) is 0 Å². The number of hydrogen-bond acceptors (Lipinski definition) is 18. The SMILES string of the molecule is C#C.C/C=C/NC.C=CC=NC.CC.CC/C=C/Nc1nc(N)c(C(=O)c2c(F)cccc2F)s1.CN=CCC=O.NCCCCN1CCCCCC1.Nc1nc(NC2=CCCC(C=O)C=N2)sc1C(=O)c1c(F)cccc1F. The number of unbranched alkanes of at least 4 members (excludes halogenated alkanes) is 1. The minimum Gasteiger partial charge on any atom is -0.394 e. The number of carbonyl (C=O) groups excluding carboxylic acids is 4. The molecular formula is C57H80F4N12O4S2. The number of aromatic nitrogens is 2. The van der Waals surface area contributed by atoms with Gasteiger partial charge in [-0.05, 0) is 121 Å². The molecule has 1 unspecified atom stereocenters. The van der Waals surface area contributed by atoms with Crippen molar-refractivity contribution in [1.82, 2.24) is 20.2 Å². The Morgan fingerprint density at radius 1 is 0.848 bits per heavy atom. The van der Waals surface area contributed by atoms with Crippen molar-refractivity contribution in [3.8, 4) is 12.8 Å². The van der Waals surface area contributed by atoms with E-state index >= 15 is 0 Å². The van der Waals surface area contributed by atoms with Gasteiger partial charge in [0.2, 0.25) is 11.6 Å². The van der Waals surface area contributed by atoms with E-state index in [0.29, 0.717) is 30.2 Å². The van der Waals surface area contributed by atoms with E-state index in [9.17, 15) is 36.7 Å². The van der Waals surface area contributed by atoms with Crippen molar-refractivity contribution in [2.45, 2.75) is 91.9 Å². The fraction of sp³-hybridized carbons (Fsp3) is 0.386. The van der Waals surface area contributed by atoms with E-state index in [1.165, 1.54) is 76.5 Å². The van der Waals surface area contributed by atoms with Gasteiger partial charge in [0.05, 0.1) is 17.0 Å². The first-order valence-electron chi connectivity index (χ1n) is 25.5. The summed E-state index contributed by atoms with van der Waals surface area (Å²) in [6.45, 7) is 16.1. The summed E-state index contributed by atoms with van der Waals surface area (Å²) in [5.74, 6) is -5.44. The predicted molar refractivity (Wildman–Crippen MR) is 323 cm³/mol.